The van der Waals surface area contributed by atoms with Crippen LogP contribution in [0.25, 0.3) is 11.1 Å². The first kappa shape index (κ1) is 11.3. The van der Waals surface area contributed by atoms with Crippen molar-refractivity contribution in [1.82, 2.24) is 0 Å². The number of methoxy groups -OCH3 is 1. The highest BCUT2D eigenvalue weighted by molar-refractivity contribution is 5.68. The van der Waals surface area contributed by atoms with E-state index in [0.29, 0.717) is 16.9 Å². The van der Waals surface area contributed by atoms with Gasteiger partial charge in [0.25, 0.3) is 0 Å². The molecule has 0 amide bonds. The van der Waals surface area contributed by atoms with Gasteiger partial charge in [-0.1, -0.05) is 6.07 Å². The normalized spacial score (nSPS) is 10.2. The fraction of sp³-hybridized carbons (Fsp3) is 0.0769. The van der Waals surface area contributed by atoms with Gasteiger partial charge in [0.15, 0.2) is 11.5 Å². The molecule has 0 aliphatic heterocycles. The van der Waals surface area contributed by atoms with Crippen LogP contribution in [0.5, 0.6) is 17.2 Å². The van der Waals surface area contributed by atoms with Gasteiger partial charge in [-0.25, -0.2) is 4.39 Å². The second-order valence-corrected chi connectivity index (χ2v) is 3.58. The Kier molecular flexibility index (Phi) is 2.87. The molecule has 2 aromatic carbocycles. The van der Waals surface area contributed by atoms with E-state index in [-0.39, 0.29) is 11.5 Å². The van der Waals surface area contributed by atoms with Crippen molar-refractivity contribution in [3.8, 4) is 28.4 Å². The highest BCUT2D eigenvalue weighted by Crippen LogP contribution is 2.32. The number of ether oxygens (including phenoxy) is 1. The van der Waals surface area contributed by atoms with Gasteiger partial charge < -0.3 is 14.9 Å². The van der Waals surface area contributed by atoms with Crippen LogP contribution in [-0.2, 0) is 0 Å². The highest BCUT2D eigenvalue weighted by atomic mass is 19.1. The molecule has 0 fully saturated rings. The van der Waals surface area contributed by atoms with Crippen LogP contribution in [0, 0.1) is 5.82 Å². The summed E-state index contributed by atoms with van der Waals surface area (Å²) in [6.45, 7) is 0. The Balaban J connectivity index is 2.52. The van der Waals surface area contributed by atoms with Crippen LogP contribution >= 0.6 is 0 Å². The molecule has 0 heterocycles. The molecular formula is C13H11FO3. The van der Waals surface area contributed by atoms with Crippen molar-refractivity contribution in [2.75, 3.05) is 7.11 Å². The molecule has 0 aromatic heterocycles. The van der Waals surface area contributed by atoms with Gasteiger partial charge in [-0.3, -0.25) is 0 Å². The summed E-state index contributed by atoms with van der Waals surface area (Å²) in [5, 5.41) is 18.8. The lowest BCUT2D eigenvalue weighted by atomic mass is 10.0. The smallest absolute Gasteiger partial charge is 0.161 e. The predicted octanol–water partition coefficient (Wildman–Crippen LogP) is 2.91. The lowest BCUT2D eigenvalue weighted by molar-refractivity contribution is 0.373. The molecule has 2 rings (SSSR count). The van der Waals surface area contributed by atoms with E-state index < -0.39 is 5.82 Å². The van der Waals surface area contributed by atoms with Crippen LogP contribution in [-0.4, -0.2) is 17.3 Å². The lowest BCUT2D eigenvalue weighted by Crippen LogP contribution is -1.86. The van der Waals surface area contributed by atoms with Gasteiger partial charge in [0.05, 0.1) is 7.11 Å². The Hall–Kier alpha value is -2.23. The molecule has 0 bridgehead atoms. The van der Waals surface area contributed by atoms with Crippen molar-refractivity contribution >= 4 is 0 Å². The third-order valence-electron chi connectivity index (χ3n) is 2.40. The Bertz CT molecular complexity index is 532. The van der Waals surface area contributed by atoms with Crippen molar-refractivity contribution in [2.45, 2.75) is 0 Å². The minimum Gasteiger partial charge on any atom is -0.508 e. The summed E-state index contributed by atoms with van der Waals surface area (Å²) in [6.07, 6.45) is 0. The Morgan fingerprint density at radius 1 is 1.00 bits per heavy atom. The molecule has 3 nitrogen and oxygen atoms in total. The van der Waals surface area contributed by atoms with Crippen LogP contribution in [0.2, 0.25) is 0 Å². The lowest BCUT2D eigenvalue weighted by Gasteiger charge is -2.07. The third kappa shape index (κ3) is 2.30. The van der Waals surface area contributed by atoms with Crippen LogP contribution in [0.15, 0.2) is 36.4 Å². The summed E-state index contributed by atoms with van der Waals surface area (Å²) in [6, 6.07) is 8.41. The van der Waals surface area contributed by atoms with Crippen molar-refractivity contribution in [3.63, 3.8) is 0 Å². The second kappa shape index (κ2) is 4.33. The summed E-state index contributed by atoms with van der Waals surface area (Å²) < 4.78 is 18.1. The van der Waals surface area contributed by atoms with Gasteiger partial charge >= 0.3 is 0 Å². The summed E-state index contributed by atoms with van der Waals surface area (Å²) >= 11 is 0. The summed E-state index contributed by atoms with van der Waals surface area (Å²) in [5.74, 6) is -0.359. The van der Waals surface area contributed by atoms with Gasteiger partial charge in [-0.15, -0.1) is 0 Å². The van der Waals surface area contributed by atoms with Gasteiger partial charge in [0, 0.05) is 6.07 Å². The van der Waals surface area contributed by atoms with Crippen molar-refractivity contribution in [1.29, 1.82) is 0 Å². The first-order valence-electron chi connectivity index (χ1n) is 4.97. The fourth-order valence-corrected chi connectivity index (χ4v) is 1.60. The molecule has 0 atom stereocenters. The minimum atomic E-state index is -0.521. The number of hydrogen-bond donors (Lipinski definition) is 2. The molecular weight excluding hydrogens is 223 g/mol. The minimum absolute atomic E-state index is 0.0110. The van der Waals surface area contributed by atoms with Crippen molar-refractivity contribution in [2.24, 2.45) is 0 Å². The number of halogens is 1. The SMILES string of the molecule is COc1cc(-c2cc(O)cc(F)c2)ccc1O. The first-order valence-corrected chi connectivity index (χ1v) is 4.97. The van der Waals surface area contributed by atoms with Gasteiger partial charge in [-0.2, -0.15) is 0 Å². The Labute approximate surface area is 97.7 Å². The average molecular weight is 234 g/mol. The maximum Gasteiger partial charge on any atom is 0.161 e. The molecule has 0 unspecified atom stereocenters. The molecule has 0 saturated heterocycles. The first-order chi connectivity index (χ1) is 8.10. The molecule has 0 radical (unpaired) electrons. The van der Waals surface area contributed by atoms with Crippen molar-refractivity contribution in [3.05, 3.63) is 42.2 Å². The zero-order valence-corrected chi connectivity index (χ0v) is 9.14. The molecule has 4 heteroatoms. The van der Waals surface area contributed by atoms with E-state index >= 15 is 0 Å². The summed E-state index contributed by atoms with van der Waals surface area (Å²) in [4.78, 5) is 0. The number of hydrogen-bond acceptors (Lipinski definition) is 3. The number of rotatable bonds is 2. The van der Waals surface area contributed by atoms with Gasteiger partial charge in [0.2, 0.25) is 0 Å². The second-order valence-electron chi connectivity index (χ2n) is 3.58. The van der Waals surface area contributed by atoms with Gasteiger partial charge in [0.1, 0.15) is 11.6 Å². The molecule has 17 heavy (non-hydrogen) atoms. The third-order valence-corrected chi connectivity index (χ3v) is 2.40. The molecule has 2 N–H and O–H groups in total. The van der Waals surface area contributed by atoms with E-state index in [1.54, 1.807) is 12.1 Å². The average Bonchev–Trinajstić information content (AvgIpc) is 2.28. The number of phenolic OH excluding ortho intramolecular Hbond substituents is 2. The summed E-state index contributed by atoms with van der Waals surface area (Å²) in [7, 11) is 1.43. The van der Waals surface area contributed by atoms with Crippen LogP contribution in [0.1, 0.15) is 0 Å². The molecule has 2 aromatic rings. The molecule has 0 saturated carbocycles. The predicted molar refractivity (Wildman–Crippen MR) is 61.7 cm³/mol. The van der Waals surface area contributed by atoms with E-state index in [2.05, 4.69) is 0 Å². The quantitative estimate of drug-likeness (QED) is 0.839. The number of aromatic hydroxyl groups is 2. The van der Waals surface area contributed by atoms with Crippen molar-refractivity contribution < 1.29 is 19.3 Å². The fourth-order valence-electron chi connectivity index (χ4n) is 1.60. The number of phenols is 2. The number of benzene rings is 2. The largest absolute Gasteiger partial charge is 0.508 e. The van der Waals surface area contributed by atoms with Crippen LogP contribution in [0.3, 0.4) is 0 Å². The molecule has 0 aliphatic carbocycles. The summed E-state index contributed by atoms with van der Waals surface area (Å²) in [5.41, 5.74) is 1.16. The van der Waals surface area contributed by atoms with Crippen LogP contribution < -0.4 is 4.74 Å². The van der Waals surface area contributed by atoms with E-state index in [1.807, 2.05) is 0 Å². The highest BCUT2D eigenvalue weighted by Gasteiger charge is 2.06. The van der Waals surface area contributed by atoms with Gasteiger partial charge in [-0.05, 0) is 35.4 Å². The maximum absolute atomic E-state index is 13.1. The van der Waals surface area contributed by atoms with Crippen LogP contribution in [0.4, 0.5) is 4.39 Å². The maximum atomic E-state index is 13.1. The van der Waals surface area contributed by atoms with E-state index in [4.69, 9.17) is 4.74 Å². The van der Waals surface area contributed by atoms with E-state index in [1.165, 1.54) is 25.3 Å². The molecule has 88 valence electrons. The zero-order valence-electron chi connectivity index (χ0n) is 9.14. The Morgan fingerprint density at radius 2 is 1.76 bits per heavy atom. The van der Waals surface area contributed by atoms with E-state index in [0.717, 1.165) is 6.07 Å². The topological polar surface area (TPSA) is 49.7 Å². The molecule has 0 spiro atoms. The zero-order chi connectivity index (χ0) is 12.4. The molecule has 0 aliphatic rings. The standard InChI is InChI=1S/C13H11FO3/c1-17-13-6-8(2-3-12(13)16)9-4-10(14)7-11(15)5-9/h2-7,15-16H,1H3. The van der Waals surface area contributed by atoms with E-state index in [9.17, 15) is 14.6 Å². The Morgan fingerprint density at radius 3 is 2.41 bits per heavy atom. The monoisotopic (exact) mass is 234 g/mol.